The van der Waals surface area contributed by atoms with Gasteiger partial charge in [0.15, 0.2) is 9.84 Å². The van der Waals surface area contributed by atoms with Gasteiger partial charge in [-0.25, -0.2) is 26.4 Å². The fourth-order valence-electron chi connectivity index (χ4n) is 2.19. The summed E-state index contributed by atoms with van der Waals surface area (Å²) < 4.78 is 109. The third kappa shape index (κ3) is 6.39. The number of carbonyl (C=O) groups is 1. The highest BCUT2D eigenvalue weighted by Crippen LogP contribution is 2.21. The largest absolute Gasteiger partial charge is 0.477 e. The predicted octanol–water partition coefficient (Wildman–Crippen LogP) is 1.73. The van der Waals surface area contributed by atoms with Crippen LogP contribution in [0.2, 0.25) is 0 Å². The molecule has 0 aliphatic heterocycles. The lowest BCUT2D eigenvalue weighted by Crippen LogP contribution is -2.34. The number of nitrogens with zero attached hydrogens (tertiary/aromatic N) is 1. The minimum absolute atomic E-state index is 0.0895. The molecule has 0 heterocycles. The molecular weight excluding hydrogens is 434 g/mol. The summed E-state index contributed by atoms with van der Waals surface area (Å²) in [4.78, 5) is 10.9. The van der Waals surface area contributed by atoms with Gasteiger partial charge in [-0.3, -0.25) is 8.94 Å². The highest BCUT2D eigenvalue weighted by atomic mass is 32.2. The molecule has 2 N–H and O–H groups in total. The van der Waals surface area contributed by atoms with Crippen molar-refractivity contribution in [1.82, 2.24) is 4.31 Å². The van der Waals surface area contributed by atoms with Gasteiger partial charge in [0.1, 0.15) is 17.2 Å². The summed E-state index contributed by atoms with van der Waals surface area (Å²) in [5, 5.41) is 8.80. The van der Waals surface area contributed by atoms with E-state index >= 15 is 0 Å². The van der Waals surface area contributed by atoms with Crippen LogP contribution >= 0.6 is 0 Å². The Labute approximate surface area is 158 Å². The van der Waals surface area contributed by atoms with Crippen LogP contribution in [-0.4, -0.2) is 61.2 Å². The molecule has 0 radical (unpaired) electrons. The van der Waals surface area contributed by atoms with Gasteiger partial charge in [0.05, 0.1) is 12.4 Å². The first-order valence-corrected chi connectivity index (χ1v) is 10.8. The van der Waals surface area contributed by atoms with Crippen molar-refractivity contribution in [3.05, 3.63) is 34.9 Å². The van der Waals surface area contributed by atoms with Crippen molar-refractivity contribution in [3.63, 3.8) is 0 Å². The number of carboxylic acids is 1. The van der Waals surface area contributed by atoms with E-state index in [-0.39, 0.29) is 4.31 Å². The highest BCUT2D eigenvalue weighted by molar-refractivity contribution is 7.91. The van der Waals surface area contributed by atoms with Crippen molar-refractivity contribution in [1.29, 1.82) is 0 Å². The van der Waals surface area contributed by atoms with Crippen molar-refractivity contribution in [3.8, 4) is 0 Å². The first kappa shape index (κ1) is 24.3. The second kappa shape index (κ2) is 9.62. The van der Waals surface area contributed by atoms with Gasteiger partial charge in [-0.05, 0) is 12.5 Å². The summed E-state index contributed by atoms with van der Waals surface area (Å²) in [6.45, 7) is -2.94. The molecule has 160 valence electrons. The van der Waals surface area contributed by atoms with E-state index in [9.17, 15) is 43.7 Å². The Hall–Kier alpha value is -1.77. The van der Waals surface area contributed by atoms with Gasteiger partial charge in [-0.2, -0.15) is 12.7 Å². The van der Waals surface area contributed by atoms with Crippen LogP contribution in [0.25, 0.3) is 0 Å². The molecule has 28 heavy (non-hydrogen) atoms. The molecule has 0 fully saturated rings. The lowest BCUT2D eigenvalue weighted by atomic mass is 10.1. The van der Waals surface area contributed by atoms with Gasteiger partial charge in [-0.1, -0.05) is 6.07 Å². The molecule has 14 heteroatoms. The first-order valence-electron chi connectivity index (χ1n) is 7.65. The van der Waals surface area contributed by atoms with Gasteiger partial charge in [0, 0.05) is 25.1 Å². The van der Waals surface area contributed by atoms with Crippen molar-refractivity contribution in [2.75, 3.05) is 19.0 Å². The van der Waals surface area contributed by atoms with Crippen LogP contribution in [0, 0.1) is 11.6 Å². The number of aromatic carboxylic acids is 1. The zero-order valence-electron chi connectivity index (χ0n) is 14.2. The average molecular weight is 451 g/mol. The summed E-state index contributed by atoms with van der Waals surface area (Å²) in [7, 11) is -9.46. The number of alkyl halides is 2. The second-order valence-electron chi connectivity index (χ2n) is 5.62. The van der Waals surface area contributed by atoms with Crippen LogP contribution in [0.4, 0.5) is 17.6 Å². The topological polar surface area (TPSA) is 129 Å². The van der Waals surface area contributed by atoms with Crippen molar-refractivity contribution < 1.29 is 48.9 Å². The summed E-state index contributed by atoms with van der Waals surface area (Å²) in [6.07, 6.45) is -1.41. The van der Waals surface area contributed by atoms with Gasteiger partial charge in [0.25, 0.3) is 0 Å². The molecule has 0 saturated heterocycles. The summed E-state index contributed by atoms with van der Waals surface area (Å²) in [5.74, 6) is -5.80. The number of carboxylic acid groups (broad SMARTS) is 1. The van der Waals surface area contributed by atoms with Crippen molar-refractivity contribution >= 4 is 26.1 Å². The fourth-order valence-corrected chi connectivity index (χ4v) is 4.06. The Morgan fingerprint density at radius 3 is 2.29 bits per heavy atom. The third-order valence-corrected chi connectivity index (χ3v) is 6.45. The van der Waals surface area contributed by atoms with Crippen LogP contribution in [0.1, 0.15) is 28.8 Å². The van der Waals surface area contributed by atoms with Crippen LogP contribution in [0.3, 0.4) is 0 Å². The molecule has 0 aliphatic carbocycles. The summed E-state index contributed by atoms with van der Waals surface area (Å²) in [6, 6.07) is 1.28. The third-order valence-electron chi connectivity index (χ3n) is 3.62. The molecule has 1 aromatic rings. The standard InChI is InChI=1S/C14H17F4NO7S2/c15-5-1-7-27(22,23)11(17)4-6-19(28(24,25)26)8-9-2-3-10(16)12(13(9)18)14(20)21/h2-3,11H,1,4-8H2,(H,20,21)(H,24,25,26). The van der Waals surface area contributed by atoms with Gasteiger partial charge < -0.3 is 5.11 Å². The number of rotatable bonds is 11. The zero-order valence-corrected chi connectivity index (χ0v) is 15.8. The van der Waals surface area contributed by atoms with E-state index in [1.807, 2.05) is 0 Å². The number of sulfone groups is 1. The Kier molecular flexibility index (Phi) is 8.34. The Morgan fingerprint density at radius 2 is 1.79 bits per heavy atom. The summed E-state index contributed by atoms with van der Waals surface area (Å²) in [5.41, 5.74) is -4.58. The number of hydrogen-bond donors (Lipinski definition) is 2. The maximum absolute atomic E-state index is 14.1. The van der Waals surface area contributed by atoms with Crippen LogP contribution in [-0.2, 0) is 26.7 Å². The lowest BCUT2D eigenvalue weighted by molar-refractivity contribution is 0.0686. The Morgan fingerprint density at radius 1 is 1.18 bits per heavy atom. The van der Waals surface area contributed by atoms with Gasteiger partial charge in [0.2, 0.25) is 5.50 Å². The highest BCUT2D eigenvalue weighted by Gasteiger charge is 2.29. The van der Waals surface area contributed by atoms with Gasteiger partial charge in [-0.15, -0.1) is 0 Å². The monoisotopic (exact) mass is 451 g/mol. The maximum atomic E-state index is 14.1. The molecule has 8 nitrogen and oxygen atoms in total. The van der Waals surface area contributed by atoms with E-state index in [1.54, 1.807) is 0 Å². The first-order chi connectivity index (χ1) is 12.8. The molecule has 1 unspecified atom stereocenters. The van der Waals surface area contributed by atoms with E-state index in [0.717, 1.165) is 6.07 Å². The molecule has 1 aromatic carbocycles. The molecule has 0 spiro atoms. The second-order valence-corrected chi connectivity index (χ2v) is 9.28. The van der Waals surface area contributed by atoms with E-state index in [2.05, 4.69) is 0 Å². The molecule has 0 aliphatic rings. The number of halogens is 4. The maximum Gasteiger partial charge on any atom is 0.341 e. The van der Waals surface area contributed by atoms with Crippen LogP contribution < -0.4 is 0 Å². The van der Waals surface area contributed by atoms with Crippen molar-refractivity contribution in [2.24, 2.45) is 0 Å². The molecule has 1 atom stereocenters. The molecule has 0 amide bonds. The van der Waals surface area contributed by atoms with Crippen LogP contribution in [0.5, 0.6) is 0 Å². The molecule has 0 saturated carbocycles. The Bertz CT molecular complexity index is 922. The minimum atomic E-state index is -5.08. The smallest absolute Gasteiger partial charge is 0.341 e. The molecular formula is C14H17F4NO7S2. The molecule has 0 aromatic heterocycles. The molecule has 0 bridgehead atoms. The van der Waals surface area contributed by atoms with E-state index in [4.69, 9.17) is 5.11 Å². The normalized spacial score (nSPS) is 13.6. The summed E-state index contributed by atoms with van der Waals surface area (Å²) >= 11 is 0. The lowest BCUT2D eigenvalue weighted by Gasteiger charge is -2.20. The SMILES string of the molecule is O=C(O)c1c(F)ccc(CN(CCC(F)S(=O)(=O)CCCF)S(=O)(=O)O)c1F. The number of benzene rings is 1. The predicted molar refractivity (Wildman–Crippen MR) is 89.2 cm³/mol. The average Bonchev–Trinajstić information content (AvgIpc) is 2.56. The quantitative estimate of drug-likeness (QED) is 0.387. The van der Waals surface area contributed by atoms with Crippen LogP contribution in [0.15, 0.2) is 12.1 Å². The fraction of sp³-hybridized carbons (Fsp3) is 0.500. The van der Waals surface area contributed by atoms with Gasteiger partial charge >= 0.3 is 16.3 Å². The minimum Gasteiger partial charge on any atom is -0.477 e. The van der Waals surface area contributed by atoms with E-state index < -0.39 is 92.7 Å². The van der Waals surface area contributed by atoms with E-state index in [1.165, 1.54) is 0 Å². The van der Waals surface area contributed by atoms with Crippen molar-refractivity contribution in [2.45, 2.75) is 24.9 Å². The Balaban J connectivity index is 3.04. The molecule has 1 rings (SSSR count). The zero-order chi connectivity index (χ0) is 21.7. The number of hydrogen-bond acceptors (Lipinski definition) is 5. The van der Waals surface area contributed by atoms with E-state index in [0.29, 0.717) is 6.07 Å².